The highest BCUT2D eigenvalue weighted by atomic mass is 19.1. The molecule has 0 saturated heterocycles. The highest BCUT2D eigenvalue weighted by Gasteiger charge is 2.10. The summed E-state index contributed by atoms with van der Waals surface area (Å²) in [5.41, 5.74) is 1.23. The van der Waals surface area contributed by atoms with Gasteiger partial charge in [-0.25, -0.2) is 8.78 Å². The molecule has 0 aliphatic rings. The van der Waals surface area contributed by atoms with E-state index in [0.29, 0.717) is 28.7 Å². The normalized spacial score (nSPS) is 11.1. The summed E-state index contributed by atoms with van der Waals surface area (Å²) >= 11 is 0. The number of rotatable bonds is 5. The minimum Gasteiger partial charge on any atom is -0.497 e. The second-order valence-electron chi connectivity index (χ2n) is 5.01. The maximum atomic E-state index is 13.6. The molecular formula is C18H17F2NO3. The molecule has 1 amide bonds. The molecule has 24 heavy (non-hydrogen) atoms. The first-order valence-corrected chi connectivity index (χ1v) is 7.11. The van der Waals surface area contributed by atoms with E-state index in [1.165, 1.54) is 19.3 Å². The fourth-order valence-electron chi connectivity index (χ4n) is 2.16. The topological polar surface area (TPSA) is 47.6 Å². The van der Waals surface area contributed by atoms with Gasteiger partial charge in [-0.3, -0.25) is 4.79 Å². The number of halogens is 2. The van der Waals surface area contributed by atoms with Gasteiger partial charge in [-0.15, -0.1) is 0 Å². The van der Waals surface area contributed by atoms with Crippen LogP contribution >= 0.6 is 0 Å². The van der Waals surface area contributed by atoms with Crippen molar-refractivity contribution in [2.75, 3.05) is 19.5 Å². The first kappa shape index (κ1) is 17.5. The summed E-state index contributed by atoms with van der Waals surface area (Å²) in [6, 6.07) is 8.15. The molecular weight excluding hydrogens is 316 g/mol. The third-order valence-corrected chi connectivity index (χ3v) is 3.37. The first-order valence-electron chi connectivity index (χ1n) is 7.11. The van der Waals surface area contributed by atoms with Crippen LogP contribution in [-0.4, -0.2) is 20.1 Å². The lowest BCUT2D eigenvalue weighted by Crippen LogP contribution is -2.10. The van der Waals surface area contributed by atoms with E-state index in [1.54, 1.807) is 32.2 Å². The summed E-state index contributed by atoms with van der Waals surface area (Å²) in [6.07, 6.45) is 1.31. The van der Waals surface area contributed by atoms with Gasteiger partial charge in [0.05, 0.1) is 19.9 Å². The van der Waals surface area contributed by atoms with Gasteiger partial charge in [0.15, 0.2) is 0 Å². The lowest BCUT2D eigenvalue weighted by Gasteiger charge is -2.11. The molecule has 0 radical (unpaired) electrons. The van der Waals surface area contributed by atoms with Gasteiger partial charge in [0, 0.05) is 23.8 Å². The minimum atomic E-state index is -0.837. The summed E-state index contributed by atoms with van der Waals surface area (Å²) in [4.78, 5) is 12.0. The second kappa shape index (κ2) is 7.59. The van der Waals surface area contributed by atoms with Gasteiger partial charge in [-0.2, -0.15) is 0 Å². The fourth-order valence-corrected chi connectivity index (χ4v) is 2.16. The zero-order chi connectivity index (χ0) is 17.7. The quantitative estimate of drug-likeness (QED) is 0.841. The molecule has 0 saturated carbocycles. The monoisotopic (exact) mass is 333 g/mol. The molecule has 0 aliphatic heterocycles. The summed E-state index contributed by atoms with van der Waals surface area (Å²) in [5.74, 6) is -0.905. The van der Waals surface area contributed by atoms with E-state index in [1.807, 2.05) is 0 Å². The van der Waals surface area contributed by atoms with Crippen molar-refractivity contribution < 1.29 is 23.0 Å². The Hall–Kier alpha value is -2.89. The lowest BCUT2D eigenvalue weighted by molar-refractivity contribution is -0.111. The summed E-state index contributed by atoms with van der Waals surface area (Å²) in [6.45, 7) is 1.73. The minimum absolute atomic E-state index is 0.0906. The van der Waals surface area contributed by atoms with Crippen LogP contribution in [0.2, 0.25) is 0 Å². The van der Waals surface area contributed by atoms with Crippen molar-refractivity contribution in [2.24, 2.45) is 0 Å². The number of carbonyl (C=O) groups excluding carboxylic acids is 1. The molecule has 6 heteroatoms. The molecule has 0 heterocycles. The largest absolute Gasteiger partial charge is 0.497 e. The first-order chi connectivity index (χ1) is 11.4. The standard InChI is InChI=1S/C18H17F2NO3/c1-11(14-6-5-13(23-2)10-17(14)24-3)8-18(22)21-16-7-4-12(19)9-15(16)20/h4-10H,1-3H3,(H,21,22)/b11-8+. The van der Waals surface area contributed by atoms with Crippen LogP contribution in [0.3, 0.4) is 0 Å². The molecule has 1 N–H and O–H groups in total. The molecule has 0 bridgehead atoms. The number of allylic oxidation sites excluding steroid dienone is 1. The number of anilines is 1. The highest BCUT2D eigenvalue weighted by Crippen LogP contribution is 2.30. The van der Waals surface area contributed by atoms with Crippen LogP contribution in [0.1, 0.15) is 12.5 Å². The Kier molecular flexibility index (Phi) is 5.52. The molecule has 2 aromatic rings. The Morgan fingerprint density at radius 3 is 2.46 bits per heavy atom. The lowest BCUT2D eigenvalue weighted by atomic mass is 10.1. The van der Waals surface area contributed by atoms with Crippen molar-refractivity contribution in [1.82, 2.24) is 0 Å². The van der Waals surface area contributed by atoms with Gasteiger partial charge in [0.1, 0.15) is 23.1 Å². The Bertz CT molecular complexity index is 788. The van der Waals surface area contributed by atoms with Crippen molar-refractivity contribution in [3.63, 3.8) is 0 Å². The SMILES string of the molecule is COc1ccc(/C(C)=C/C(=O)Nc2ccc(F)cc2F)c(OC)c1. The van der Waals surface area contributed by atoms with Crippen molar-refractivity contribution in [3.05, 3.63) is 59.7 Å². The summed E-state index contributed by atoms with van der Waals surface area (Å²) in [7, 11) is 3.06. The van der Waals surface area contributed by atoms with Crippen LogP contribution in [0.4, 0.5) is 14.5 Å². The van der Waals surface area contributed by atoms with E-state index < -0.39 is 17.5 Å². The molecule has 0 spiro atoms. The van der Waals surface area contributed by atoms with E-state index in [9.17, 15) is 13.6 Å². The maximum Gasteiger partial charge on any atom is 0.248 e. The summed E-state index contributed by atoms with van der Waals surface area (Å²) < 4.78 is 36.8. The van der Waals surface area contributed by atoms with Crippen LogP contribution in [-0.2, 0) is 4.79 Å². The average Bonchev–Trinajstić information content (AvgIpc) is 2.56. The Morgan fingerprint density at radius 1 is 1.08 bits per heavy atom. The van der Waals surface area contributed by atoms with Gasteiger partial charge in [-0.1, -0.05) is 0 Å². The van der Waals surface area contributed by atoms with Gasteiger partial charge >= 0.3 is 0 Å². The zero-order valence-electron chi connectivity index (χ0n) is 13.5. The molecule has 4 nitrogen and oxygen atoms in total. The number of methoxy groups -OCH3 is 2. The zero-order valence-corrected chi connectivity index (χ0v) is 13.5. The predicted molar refractivity (Wildman–Crippen MR) is 88.2 cm³/mol. The third kappa shape index (κ3) is 4.10. The van der Waals surface area contributed by atoms with E-state index >= 15 is 0 Å². The number of carbonyl (C=O) groups is 1. The van der Waals surface area contributed by atoms with Crippen LogP contribution in [0.5, 0.6) is 11.5 Å². The molecule has 2 aromatic carbocycles. The Morgan fingerprint density at radius 2 is 1.83 bits per heavy atom. The molecule has 0 atom stereocenters. The van der Waals surface area contributed by atoms with E-state index in [-0.39, 0.29) is 5.69 Å². The highest BCUT2D eigenvalue weighted by molar-refractivity contribution is 6.04. The van der Waals surface area contributed by atoms with Crippen molar-refractivity contribution in [1.29, 1.82) is 0 Å². The van der Waals surface area contributed by atoms with Gasteiger partial charge < -0.3 is 14.8 Å². The number of nitrogens with one attached hydrogen (secondary N) is 1. The number of hydrogen-bond acceptors (Lipinski definition) is 3. The van der Waals surface area contributed by atoms with E-state index in [0.717, 1.165) is 6.07 Å². The van der Waals surface area contributed by atoms with E-state index in [4.69, 9.17) is 9.47 Å². The number of benzene rings is 2. The molecule has 0 aliphatic carbocycles. The number of ether oxygens (including phenoxy) is 2. The van der Waals surface area contributed by atoms with E-state index in [2.05, 4.69) is 5.32 Å². The average molecular weight is 333 g/mol. The third-order valence-electron chi connectivity index (χ3n) is 3.37. The second-order valence-corrected chi connectivity index (χ2v) is 5.01. The van der Waals surface area contributed by atoms with Crippen LogP contribution in [0.15, 0.2) is 42.5 Å². The fraction of sp³-hybridized carbons (Fsp3) is 0.167. The smallest absolute Gasteiger partial charge is 0.248 e. The number of amides is 1. The van der Waals surface area contributed by atoms with Crippen molar-refractivity contribution in [2.45, 2.75) is 6.92 Å². The predicted octanol–water partition coefficient (Wildman–Crippen LogP) is 4.02. The Balaban J connectivity index is 2.22. The van der Waals surface area contributed by atoms with Gasteiger partial charge in [0.25, 0.3) is 0 Å². The van der Waals surface area contributed by atoms with Crippen LogP contribution < -0.4 is 14.8 Å². The number of hydrogen-bond donors (Lipinski definition) is 1. The Labute approximate surface area is 138 Å². The molecule has 0 fully saturated rings. The molecule has 2 rings (SSSR count). The summed E-state index contributed by atoms with van der Waals surface area (Å²) in [5, 5.41) is 2.38. The van der Waals surface area contributed by atoms with Crippen LogP contribution in [0, 0.1) is 11.6 Å². The van der Waals surface area contributed by atoms with Crippen LogP contribution in [0.25, 0.3) is 5.57 Å². The molecule has 0 aromatic heterocycles. The van der Waals surface area contributed by atoms with Crippen molar-refractivity contribution in [3.8, 4) is 11.5 Å². The van der Waals surface area contributed by atoms with Crippen molar-refractivity contribution >= 4 is 17.2 Å². The maximum absolute atomic E-state index is 13.6. The van der Waals surface area contributed by atoms with Gasteiger partial charge in [-0.05, 0) is 36.8 Å². The molecule has 0 unspecified atom stereocenters. The molecule has 126 valence electrons. The van der Waals surface area contributed by atoms with Gasteiger partial charge in [0.2, 0.25) is 5.91 Å².